The van der Waals surface area contributed by atoms with Crippen LogP contribution in [0.5, 0.6) is 0 Å². The summed E-state index contributed by atoms with van der Waals surface area (Å²) in [5.74, 6) is -4.36. The summed E-state index contributed by atoms with van der Waals surface area (Å²) in [6.45, 7) is 5.91. The molecule has 0 aliphatic carbocycles. The normalized spacial score (nSPS) is 15.5. The first-order chi connectivity index (χ1) is 17.6. The summed E-state index contributed by atoms with van der Waals surface area (Å²) in [5.41, 5.74) is 0. The quantitative estimate of drug-likeness (QED) is 0.139. The standard InChI is InChI=1S/C23H36O15/c1-12(35-17(6)28)23(37-20(9-32-14(3)25)19(30)8-31-13(2)24)38-22(11-34-16(5)27)21(36-18(7)29)10-33-15(4)26/h12,19-23,30H,8-11H2,1-7H3/t12?,19?,20-,21-,22?,23+/m0/s1. The fourth-order valence-electron chi connectivity index (χ4n) is 2.73. The van der Waals surface area contributed by atoms with Crippen molar-refractivity contribution < 1.29 is 71.8 Å². The van der Waals surface area contributed by atoms with Gasteiger partial charge in [0.2, 0.25) is 0 Å². The van der Waals surface area contributed by atoms with Crippen LogP contribution in [0.2, 0.25) is 0 Å². The lowest BCUT2D eigenvalue weighted by molar-refractivity contribution is -0.273. The number of rotatable bonds is 17. The number of aliphatic hydroxyl groups is 1. The maximum Gasteiger partial charge on any atom is 0.303 e. The molecule has 0 aromatic heterocycles. The molecule has 0 bridgehead atoms. The Morgan fingerprint density at radius 2 is 0.895 bits per heavy atom. The molecule has 0 aliphatic heterocycles. The Morgan fingerprint density at radius 1 is 0.526 bits per heavy atom. The van der Waals surface area contributed by atoms with Gasteiger partial charge in [-0.25, -0.2) is 0 Å². The van der Waals surface area contributed by atoms with Gasteiger partial charge in [0.15, 0.2) is 12.4 Å². The molecule has 0 aromatic rings. The first-order valence-electron chi connectivity index (χ1n) is 11.5. The molecule has 0 spiro atoms. The SMILES string of the molecule is CC(=O)OCC(O)[C@H](COC(C)=O)O[C@H](OC(COC(C)=O)[C@H](COC(C)=O)OC(C)=O)C(C)OC(C)=O. The van der Waals surface area contributed by atoms with Crippen LogP contribution in [0.15, 0.2) is 0 Å². The van der Waals surface area contributed by atoms with Crippen molar-refractivity contribution in [2.45, 2.75) is 85.3 Å². The van der Waals surface area contributed by atoms with Crippen LogP contribution in [0.4, 0.5) is 0 Å². The van der Waals surface area contributed by atoms with Crippen molar-refractivity contribution in [3.05, 3.63) is 0 Å². The highest BCUT2D eigenvalue weighted by atomic mass is 16.7. The smallest absolute Gasteiger partial charge is 0.303 e. The highest BCUT2D eigenvalue weighted by Crippen LogP contribution is 2.19. The van der Waals surface area contributed by atoms with Gasteiger partial charge in [-0.3, -0.25) is 28.8 Å². The molecule has 218 valence electrons. The third-order valence-electron chi connectivity index (χ3n) is 4.32. The third kappa shape index (κ3) is 16.4. The second-order valence-corrected chi connectivity index (χ2v) is 7.96. The van der Waals surface area contributed by atoms with E-state index in [1.807, 2.05) is 0 Å². The van der Waals surface area contributed by atoms with Crippen LogP contribution in [0, 0.1) is 0 Å². The van der Waals surface area contributed by atoms with E-state index in [9.17, 15) is 33.9 Å². The Morgan fingerprint density at radius 3 is 1.32 bits per heavy atom. The summed E-state index contributed by atoms with van der Waals surface area (Å²) in [6, 6.07) is 0. The molecular formula is C23H36O15. The van der Waals surface area contributed by atoms with Crippen molar-refractivity contribution in [3.8, 4) is 0 Å². The van der Waals surface area contributed by atoms with E-state index >= 15 is 0 Å². The lowest BCUT2D eigenvalue weighted by atomic mass is 10.2. The van der Waals surface area contributed by atoms with Crippen LogP contribution < -0.4 is 0 Å². The van der Waals surface area contributed by atoms with Gasteiger partial charge in [0.1, 0.15) is 50.8 Å². The molecule has 0 saturated heterocycles. The zero-order valence-corrected chi connectivity index (χ0v) is 22.5. The molecule has 15 nitrogen and oxygen atoms in total. The fraction of sp³-hybridized carbons (Fsp3) is 0.739. The molecule has 0 saturated carbocycles. The average Bonchev–Trinajstić information content (AvgIpc) is 2.78. The Hall–Kier alpha value is -3.30. The molecule has 6 atom stereocenters. The number of carbonyl (C=O) groups is 6. The molecule has 0 rings (SSSR count). The number of ether oxygens (including phenoxy) is 8. The van der Waals surface area contributed by atoms with E-state index in [4.69, 9.17) is 37.9 Å². The molecule has 0 radical (unpaired) electrons. The lowest BCUT2D eigenvalue weighted by Crippen LogP contribution is -2.49. The van der Waals surface area contributed by atoms with Gasteiger partial charge in [0.05, 0.1) is 0 Å². The van der Waals surface area contributed by atoms with Gasteiger partial charge in [0.25, 0.3) is 0 Å². The van der Waals surface area contributed by atoms with Crippen molar-refractivity contribution in [1.82, 2.24) is 0 Å². The van der Waals surface area contributed by atoms with E-state index in [2.05, 4.69) is 0 Å². The van der Waals surface area contributed by atoms with Crippen LogP contribution in [-0.4, -0.2) is 104 Å². The molecule has 0 fully saturated rings. The summed E-state index contributed by atoms with van der Waals surface area (Å²) in [6.07, 6.45) is -8.33. The van der Waals surface area contributed by atoms with E-state index in [-0.39, 0.29) is 0 Å². The number of hydrogen-bond donors (Lipinski definition) is 1. The minimum Gasteiger partial charge on any atom is -0.463 e. The summed E-state index contributed by atoms with van der Waals surface area (Å²) in [4.78, 5) is 68.7. The van der Waals surface area contributed by atoms with Gasteiger partial charge < -0.3 is 43.0 Å². The zero-order valence-electron chi connectivity index (χ0n) is 22.5. The predicted molar refractivity (Wildman–Crippen MR) is 123 cm³/mol. The average molecular weight is 553 g/mol. The van der Waals surface area contributed by atoms with Gasteiger partial charge in [-0.15, -0.1) is 0 Å². The van der Waals surface area contributed by atoms with Gasteiger partial charge >= 0.3 is 35.8 Å². The minimum absolute atomic E-state index is 0.499. The van der Waals surface area contributed by atoms with Gasteiger partial charge in [-0.2, -0.15) is 0 Å². The number of aliphatic hydroxyl groups excluding tert-OH is 1. The Kier molecular flexibility index (Phi) is 16.5. The van der Waals surface area contributed by atoms with Gasteiger partial charge in [-0.1, -0.05) is 0 Å². The molecular weight excluding hydrogens is 516 g/mol. The fourth-order valence-corrected chi connectivity index (χ4v) is 2.73. The maximum atomic E-state index is 11.7. The van der Waals surface area contributed by atoms with E-state index in [0.29, 0.717) is 0 Å². The first kappa shape index (κ1) is 34.7. The van der Waals surface area contributed by atoms with E-state index in [1.165, 1.54) is 6.92 Å². The summed E-state index contributed by atoms with van der Waals surface area (Å²) in [7, 11) is 0. The van der Waals surface area contributed by atoms with E-state index < -0.39 is 99.1 Å². The Labute approximate surface area is 219 Å². The lowest BCUT2D eigenvalue weighted by Gasteiger charge is -2.34. The van der Waals surface area contributed by atoms with Gasteiger partial charge in [0, 0.05) is 41.5 Å². The number of hydrogen-bond acceptors (Lipinski definition) is 15. The van der Waals surface area contributed by atoms with Crippen LogP contribution in [0.25, 0.3) is 0 Å². The predicted octanol–water partition coefficient (Wildman–Crippen LogP) is -0.420. The van der Waals surface area contributed by atoms with E-state index in [1.54, 1.807) is 0 Å². The monoisotopic (exact) mass is 552 g/mol. The van der Waals surface area contributed by atoms with Crippen molar-refractivity contribution in [1.29, 1.82) is 0 Å². The molecule has 0 heterocycles. The van der Waals surface area contributed by atoms with Crippen molar-refractivity contribution in [2.75, 3.05) is 26.4 Å². The number of carbonyl (C=O) groups excluding carboxylic acids is 6. The zero-order chi connectivity index (χ0) is 29.4. The molecule has 0 amide bonds. The summed E-state index contributed by atoms with van der Waals surface area (Å²) in [5, 5.41) is 10.5. The topological polar surface area (TPSA) is 196 Å². The van der Waals surface area contributed by atoms with Crippen LogP contribution in [0.3, 0.4) is 0 Å². The molecule has 1 N–H and O–H groups in total. The van der Waals surface area contributed by atoms with Crippen molar-refractivity contribution in [3.63, 3.8) is 0 Å². The van der Waals surface area contributed by atoms with Crippen LogP contribution in [0.1, 0.15) is 48.5 Å². The molecule has 3 unspecified atom stereocenters. The maximum absolute atomic E-state index is 11.7. The Balaban J connectivity index is 6.20. The third-order valence-corrected chi connectivity index (χ3v) is 4.32. The van der Waals surface area contributed by atoms with Crippen molar-refractivity contribution in [2.24, 2.45) is 0 Å². The molecule has 38 heavy (non-hydrogen) atoms. The highest BCUT2D eigenvalue weighted by molar-refractivity contribution is 5.68. The second kappa shape index (κ2) is 18.0. The molecule has 0 aliphatic rings. The first-order valence-corrected chi connectivity index (χ1v) is 11.5. The van der Waals surface area contributed by atoms with Gasteiger partial charge in [-0.05, 0) is 6.92 Å². The largest absolute Gasteiger partial charge is 0.463 e. The van der Waals surface area contributed by atoms with E-state index in [0.717, 1.165) is 41.5 Å². The second-order valence-electron chi connectivity index (χ2n) is 7.96. The Bertz CT molecular complexity index is 811. The minimum atomic E-state index is -1.57. The number of esters is 6. The van der Waals surface area contributed by atoms with Crippen LogP contribution >= 0.6 is 0 Å². The highest BCUT2D eigenvalue weighted by Gasteiger charge is 2.37. The summed E-state index contributed by atoms with van der Waals surface area (Å²) < 4.78 is 41.6. The molecule has 15 heteroatoms. The van der Waals surface area contributed by atoms with Crippen LogP contribution in [-0.2, 0) is 66.7 Å². The summed E-state index contributed by atoms with van der Waals surface area (Å²) >= 11 is 0. The van der Waals surface area contributed by atoms with Crippen molar-refractivity contribution >= 4 is 35.8 Å². The molecule has 0 aromatic carbocycles.